The van der Waals surface area contributed by atoms with Crippen molar-refractivity contribution in [1.82, 2.24) is 24.4 Å². The molecule has 3 heterocycles. The number of carbonyl (C=O) groups excluding carboxylic acids is 1. The highest BCUT2D eigenvalue weighted by atomic mass is 16.3. The predicted molar refractivity (Wildman–Crippen MR) is 78.4 cm³/mol. The van der Waals surface area contributed by atoms with Crippen LogP contribution >= 0.6 is 0 Å². The molecule has 8 heteroatoms. The van der Waals surface area contributed by atoms with E-state index in [-0.39, 0.29) is 19.1 Å². The van der Waals surface area contributed by atoms with Crippen molar-refractivity contribution in [1.29, 1.82) is 0 Å². The molecule has 0 radical (unpaired) electrons. The zero-order valence-corrected chi connectivity index (χ0v) is 12.2. The largest absolute Gasteiger partial charge is 0.395 e. The molecule has 8 nitrogen and oxygen atoms in total. The zero-order chi connectivity index (χ0) is 15.5. The molecule has 0 unspecified atom stereocenters. The van der Waals surface area contributed by atoms with Gasteiger partial charge in [-0.3, -0.25) is 9.69 Å². The van der Waals surface area contributed by atoms with Crippen molar-refractivity contribution in [3.63, 3.8) is 0 Å². The van der Waals surface area contributed by atoms with Crippen LogP contribution in [0.1, 0.15) is 10.5 Å². The molecule has 0 aromatic carbocycles. The molecule has 0 saturated carbocycles. The Kier molecular flexibility index (Phi) is 4.32. The Morgan fingerprint density at radius 3 is 3.00 bits per heavy atom. The third-order valence-corrected chi connectivity index (χ3v) is 3.74. The van der Waals surface area contributed by atoms with Gasteiger partial charge in [0.1, 0.15) is 0 Å². The molecular weight excluding hydrogens is 286 g/mol. The van der Waals surface area contributed by atoms with Gasteiger partial charge in [0.2, 0.25) is 0 Å². The van der Waals surface area contributed by atoms with Gasteiger partial charge in [0.05, 0.1) is 12.7 Å². The third-order valence-electron chi connectivity index (χ3n) is 3.74. The molecule has 0 bridgehead atoms. The van der Waals surface area contributed by atoms with Crippen LogP contribution in [0.2, 0.25) is 0 Å². The summed E-state index contributed by atoms with van der Waals surface area (Å²) in [6, 6.07) is 3.39. The van der Waals surface area contributed by atoms with E-state index in [1.165, 1.54) is 0 Å². The Hall–Kier alpha value is -2.03. The summed E-state index contributed by atoms with van der Waals surface area (Å²) in [6.07, 6.45) is 2.75. The minimum Gasteiger partial charge on any atom is -0.395 e. The highest BCUT2D eigenvalue weighted by Crippen LogP contribution is 2.10. The molecule has 22 heavy (non-hydrogen) atoms. The number of aliphatic hydroxyl groups is 2. The van der Waals surface area contributed by atoms with Crippen LogP contribution in [0, 0.1) is 0 Å². The molecule has 1 fully saturated rings. The first-order valence-electron chi connectivity index (χ1n) is 7.28. The number of β-amino-alcohol motifs (C(OH)–C–C–N with tert-alkyl or cyclic N) is 2. The lowest BCUT2D eigenvalue weighted by Crippen LogP contribution is -2.37. The molecule has 0 aliphatic carbocycles. The zero-order valence-electron chi connectivity index (χ0n) is 12.2. The molecule has 1 atom stereocenters. The van der Waals surface area contributed by atoms with E-state index in [4.69, 9.17) is 5.11 Å². The first-order chi connectivity index (χ1) is 10.7. The van der Waals surface area contributed by atoms with E-state index < -0.39 is 6.10 Å². The SMILES string of the molecule is O=C(c1cc2ncccn2n1)N1CCN(CCO)C[C@H](O)C1. The van der Waals surface area contributed by atoms with Crippen molar-refractivity contribution in [2.24, 2.45) is 0 Å². The normalized spacial score (nSPS) is 20.3. The molecule has 1 aliphatic heterocycles. The molecule has 2 aromatic heterocycles. The first-order valence-corrected chi connectivity index (χ1v) is 7.28. The summed E-state index contributed by atoms with van der Waals surface area (Å²) in [6.45, 7) is 2.38. The lowest BCUT2D eigenvalue weighted by atomic mass is 10.3. The van der Waals surface area contributed by atoms with Gasteiger partial charge in [0.15, 0.2) is 11.3 Å². The van der Waals surface area contributed by atoms with Crippen molar-refractivity contribution in [2.75, 3.05) is 39.3 Å². The molecular formula is C14H19N5O3. The van der Waals surface area contributed by atoms with Crippen LogP contribution in [-0.2, 0) is 0 Å². The van der Waals surface area contributed by atoms with Crippen molar-refractivity contribution >= 4 is 11.6 Å². The Bertz CT molecular complexity index is 626. The van der Waals surface area contributed by atoms with Crippen molar-refractivity contribution < 1.29 is 15.0 Å². The maximum Gasteiger partial charge on any atom is 0.274 e. The number of carbonyl (C=O) groups is 1. The van der Waals surface area contributed by atoms with E-state index in [0.717, 1.165) is 0 Å². The van der Waals surface area contributed by atoms with E-state index in [1.54, 1.807) is 33.9 Å². The van der Waals surface area contributed by atoms with E-state index in [2.05, 4.69) is 10.1 Å². The average Bonchev–Trinajstić information content (AvgIpc) is 2.85. The summed E-state index contributed by atoms with van der Waals surface area (Å²) in [4.78, 5) is 20.3. The number of aromatic nitrogens is 3. The average molecular weight is 305 g/mol. The quantitative estimate of drug-likeness (QED) is 0.743. The summed E-state index contributed by atoms with van der Waals surface area (Å²) in [5.74, 6) is -0.213. The number of rotatable bonds is 3. The monoisotopic (exact) mass is 305 g/mol. The lowest BCUT2D eigenvalue weighted by molar-refractivity contribution is 0.0655. The fourth-order valence-corrected chi connectivity index (χ4v) is 2.68. The number of fused-ring (bicyclic) bond motifs is 1. The number of hydrogen-bond acceptors (Lipinski definition) is 6. The summed E-state index contributed by atoms with van der Waals surface area (Å²) >= 11 is 0. The molecule has 1 aliphatic rings. The van der Waals surface area contributed by atoms with Gasteiger partial charge >= 0.3 is 0 Å². The molecule has 1 amide bonds. The second-order valence-electron chi connectivity index (χ2n) is 5.38. The fourth-order valence-electron chi connectivity index (χ4n) is 2.68. The fraction of sp³-hybridized carbons (Fsp3) is 0.500. The predicted octanol–water partition coefficient (Wildman–Crippen LogP) is -1.16. The van der Waals surface area contributed by atoms with E-state index in [0.29, 0.717) is 37.5 Å². The number of hydrogen-bond donors (Lipinski definition) is 2. The molecule has 3 rings (SSSR count). The maximum absolute atomic E-state index is 12.6. The van der Waals surface area contributed by atoms with Gasteiger partial charge in [0.25, 0.3) is 5.91 Å². The van der Waals surface area contributed by atoms with Crippen molar-refractivity contribution in [2.45, 2.75) is 6.10 Å². The van der Waals surface area contributed by atoms with Gasteiger partial charge in [-0.25, -0.2) is 9.50 Å². The Balaban J connectivity index is 1.76. The van der Waals surface area contributed by atoms with Gasteiger partial charge in [-0.2, -0.15) is 5.10 Å². The summed E-state index contributed by atoms with van der Waals surface area (Å²) in [7, 11) is 0. The summed E-state index contributed by atoms with van der Waals surface area (Å²) in [5.41, 5.74) is 0.935. The number of amides is 1. The Labute approximate surface area is 127 Å². The third kappa shape index (κ3) is 3.08. The van der Waals surface area contributed by atoms with Crippen LogP contribution in [0.15, 0.2) is 24.5 Å². The van der Waals surface area contributed by atoms with Gasteiger partial charge in [-0.15, -0.1) is 0 Å². The van der Waals surface area contributed by atoms with Gasteiger partial charge in [0, 0.05) is 51.2 Å². The smallest absolute Gasteiger partial charge is 0.274 e. The lowest BCUT2D eigenvalue weighted by Gasteiger charge is -2.20. The summed E-state index contributed by atoms with van der Waals surface area (Å²) < 4.78 is 1.56. The highest BCUT2D eigenvalue weighted by Gasteiger charge is 2.26. The van der Waals surface area contributed by atoms with Crippen LogP contribution < -0.4 is 0 Å². The Morgan fingerprint density at radius 2 is 2.23 bits per heavy atom. The van der Waals surface area contributed by atoms with Crippen molar-refractivity contribution in [3.05, 3.63) is 30.2 Å². The molecule has 2 aromatic rings. The number of nitrogens with zero attached hydrogens (tertiary/aromatic N) is 5. The molecule has 1 saturated heterocycles. The van der Waals surface area contributed by atoms with Crippen LogP contribution in [0.25, 0.3) is 5.65 Å². The number of aliphatic hydroxyl groups excluding tert-OH is 2. The first kappa shape index (κ1) is 14.9. The molecule has 0 spiro atoms. The molecule has 118 valence electrons. The minimum atomic E-state index is -0.631. The van der Waals surface area contributed by atoms with Crippen LogP contribution in [0.5, 0.6) is 0 Å². The van der Waals surface area contributed by atoms with Gasteiger partial charge in [-0.1, -0.05) is 0 Å². The Morgan fingerprint density at radius 1 is 1.36 bits per heavy atom. The highest BCUT2D eigenvalue weighted by molar-refractivity contribution is 5.93. The molecule has 2 N–H and O–H groups in total. The van der Waals surface area contributed by atoms with Crippen LogP contribution in [0.3, 0.4) is 0 Å². The van der Waals surface area contributed by atoms with Crippen LogP contribution in [-0.4, -0.2) is 86.0 Å². The van der Waals surface area contributed by atoms with Gasteiger partial charge < -0.3 is 15.1 Å². The van der Waals surface area contributed by atoms with E-state index >= 15 is 0 Å². The standard InChI is InChI=1S/C14H19N5O3/c20-7-6-17-4-5-18(10-11(21)9-17)14(22)12-8-13-15-2-1-3-19(13)16-12/h1-3,8,11,20-21H,4-7,9-10H2/t11-/m0/s1. The maximum atomic E-state index is 12.6. The summed E-state index contributed by atoms with van der Waals surface area (Å²) in [5, 5.41) is 23.3. The van der Waals surface area contributed by atoms with Crippen molar-refractivity contribution in [3.8, 4) is 0 Å². The van der Waals surface area contributed by atoms with Crippen LogP contribution in [0.4, 0.5) is 0 Å². The second kappa shape index (κ2) is 6.39. The minimum absolute atomic E-state index is 0.0404. The van der Waals surface area contributed by atoms with E-state index in [9.17, 15) is 9.90 Å². The second-order valence-corrected chi connectivity index (χ2v) is 5.38. The van der Waals surface area contributed by atoms with E-state index in [1.807, 2.05) is 4.90 Å². The van der Waals surface area contributed by atoms with Gasteiger partial charge in [-0.05, 0) is 6.07 Å². The topological polar surface area (TPSA) is 94.2 Å².